The van der Waals surface area contributed by atoms with Crippen molar-refractivity contribution in [2.24, 2.45) is 5.41 Å². The van der Waals surface area contributed by atoms with E-state index in [0.29, 0.717) is 5.41 Å². The summed E-state index contributed by atoms with van der Waals surface area (Å²) in [4.78, 5) is 22.9. The van der Waals surface area contributed by atoms with Crippen LogP contribution in [0.15, 0.2) is 24.5 Å². The molecule has 2 aromatic rings. The van der Waals surface area contributed by atoms with Crippen LogP contribution in [-0.2, 0) is 11.2 Å². The Bertz CT molecular complexity index is 883. The van der Waals surface area contributed by atoms with E-state index in [9.17, 15) is 9.90 Å². The lowest BCUT2D eigenvalue weighted by Crippen LogP contribution is -2.38. The highest BCUT2D eigenvalue weighted by Crippen LogP contribution is 2.39. The number of rotatable bonds is 4. The first-order chi connectivity index (χ1) is 14.3. The number of carboxylic acids is 1. The van der Waals surface area contributed by atoms with Crippen LogP contribution in [0.2, 0.25) is 0 Å². The second kappa shape index (κ2) is 9.77. The number of aromatic nitrogens is 2. The van der Waals surface area contributed by atoms with E-state index in [4.69, 9.17) is 5.11 Å². The van der Waals surface area contributed by atoms with Crippen molar-refractivity contribution in [1.29, 1.82) is 0 Å². The number of anilines is 1. The highest BCUT2D eigenvalue weighted by atomic mass is 16.4. The highest BCUT2D eigenvalue weighted by Gasteiger charge is 2.29. The summed E-state index contributed by atoms with van der Waals surface area (Å²) < 4.78 is 0. The van der Waals surface area contributed by atoms with Crippen LogP contribution in [0, 0.1) is 19.3 Å². The molecule has 1 fully saturated rings. The molecule has 0 aliphatic carbocycles. The summed E-state index contributed by atoms with van der Waals surface area (Å²) in [5.41, 5.74) is 5.27. The Morgan fingerprint density at radius 3 is 2.16 bits per heavy atom. The van der Waals surface area contributed by atoms with Gasteiger partial charge < -0.3 is 15.1 Å². The molecule has 1 aliphatic rings. The normalized spacial score (nSPS) is 15.8. The Labute approximate surface area is 186 Å². The van der Waals surface area contributed by atoms with Gasteiger partial charge in [-0.15, -0.1) is 0 Å². The van der Waals surface area contributed by atoms with E-state index in [-0.39, 0.29) is 6.42 Å². The molecule has 0 aromatic carbocycles. The predicted octanol–water partition coefficient (Wildman–Crippen LogP) is 4.79. The molecule has 3 heterocycles. The second-order valence-corrected chi connectivity index (χ2v) is 10.2. The van der Waals surface area contributed by atoms with E-state index in [1.807, 2.05) is 38.4 Å². The summed E-state index contributed by atoms with van der Waals surface area (Å²) in [6.45, 7) is 15.6. The van der Waals surface area contributed by atoms with E-state index in [1.54, 1.807) is 20.8 Å². The molecule has 2 aromatic heterocycles. The van der Waals surface area contributed by atoms with Crippen molar-refractivity contribution in [1.82, 2.24) is 9.97 Å². The maximum atomic E-state index is 11.5. The lowest BCUT2D eigenvalue weighted by Gasteiger charge is -2.40. The minimum Gasteiger partial charge on any atom is -0.481 e. The SMILES string of the molecule is CC(C)(C)O.Cc1ccc(-c2cnc(C)c(CC(=O)O)c2N2CCC(C)(C)CC2)nc1. The number of hydrogen-bond donors (Lipinski definition) is 2. The number of piperidine rings is 1. The molecule has 0 spiro atoms. The van der Waals surface area contributed by atoms with Gasteiger partial charge in [0.2, 0.25) is 0 Å². The van der Waals surface area contributed by atoms with Gasteiger partial charge in [-0.25, -0.2) is 0 Å². The molecule has 3 rings (SSSR count). The quantitative estimate of drug-likeness (QED) is 0.729. The Balaban J connectivity index is 0.000000614. The number of carbonyl (C=O) groups is 1. The van der Waals surface area contributed by atoms with Crippen molar-refractivity contribution in [3.05, 3.63) is 41.3 Å². The lowest BCUT2D eigenvalue weighted by molar-refractivity contribution is -0.136. The largest absolute Gasteiger partial charge is 0.481 e. The van der Waals surface area contributed by atoms with E-state index in [1.165, 1.54) is 0 Å². The predicted molar refractivity (Wildman–Crippen MR) is 125 cm³/mol. The maximum absolute atomic E-state index is 11.5. The molecular formula is C25H37N3O3. The molecule has 0 unspecified atom stereocenters. The van der Waals surface area contributed by atoms with Crippen LogP contribution in [0.5, 0.6) is 0 Å². The number of pyridine rings is 2. The first-order valence-electron chi connectivity index (χ1n) is 10.9. The van der Waals surface area contributed by atoms with Crippen molar-refractivity contribution in [3.63, 3.8) is 0 Å². The van der Waals surface area contributed by atoms with Crippen LogP contribution >= 0.6 is 0 Å². The van der Waals surface area contributed by atoms with Gasteiger partial charge in [0.15, 0.2) is 0 Å². The van der Waals surface area contributed by atoms with Crippen molar-refractivity contribution in [2.45, 2.75) is 73.3 Å². The van der Waals surface area contributed by atoms with Crippen LogP contribution in [0.3, 0.4) is 0 Å². The first kappa shape index (κ1) is 24.8. The second-order valence-electron chi connectivity index (χ2n) is 10.2. The minimum absolute atomic E-state index is 0.0201. The molecule has 0 atom stereocenters. The molecule has 2 N–H and O–H groups in total. The van der Waals surface area contributed by atoms with Crippen molar-refractivity contribution < 1.29 is 15.0 Å². The van der Waals surface area contributed by atoms with Crippen LogP contribution < -0.4 is 4.90 Å². The summed E-state index contributed by atoms with van der Waals surface area (Å²) in [7, 11) is 0. The zero-order chi connectivity index (χ0) is 23.4. The van der Waals surface area contributed by atoms with Gasteiger partial charge in [0, 0.05) is 42.3 Å². The number of aliphatic hydroxyl groups is 1. The van der Waals surface area contributed by atoms with Gasteiger partial charge in [-0.3, -0.25) is 14.8 Å². The third-order valence-electron chi connectivity index (χ3n) is 5.31. The van der Waals surface area contributed by atoms with E-state index >= 15 is 0 Å². The minimum atomic E-state index is -0.831. The molecule has 0 bridgehead atoms. The smallest absolute Gasteiger partial charge is 0.307 e. The van der Waals surface area contributed by atoms with Gasteiger partial charge in [-0.2, -0.15) is 0 Å². The summed E-state index contributed by atoms with van der Waals surface area (Å²) in [5, 5.41) is 18.0. The molecule has 31 heavy (non-hydrogen) atoms. The van der Waals surface area contributed by atoms with Gasteiger partial charge in [0.25, 0.3) is 0 Å². The van der Waals surface area contributed by atoms with Gasteiger partial charge in [-0.1, -0.05) is 19.9 Å². The summed E-state index contributed by atoms with van der Waals surface area (Å²) >= 11 is 0. The van der Waals surface area contributed by atoms with E-state index < -0.39 is 11.6 Å². The molecule has 1 aliphatic heterocycles. The average molecular weight is 428 g/mol. The number of carboxylic acid groups (broad SMARTS) is 1. The number of nitrogens with zero attached hydrogens (tertiary/aromatic N) is 3. The van der Waals surface area contributed by atoms with Crippen LogP contribution in [0.4, 0.5) is 5.69 Å². The lowest BCUT2D eigenvalue weighted by atomic mass is 9.82. The van der Waals surface area contributed by atoms with E-state index in [2.05, 4.69) is 28.7 Å². The average Bonchev–Trinajstić information content (AvgIpc) is 2.63. The molecule has 0 saturated carbocycles. The number of hydrogen-bond acceptors (Lipinski definition) is 5. The number of aliphatic carboxylic acids is 1. The number of aryl methyl sites for hydroxylation is 2. The molecule has 1 saturated heterocycles. The molecule has 0 amide bonds. The highest BCUT2D eigenvalue weighted by molar-refractivity contribution is 5.83. The van der Waals surface area contributed by atoms with E-state index in [0.717, 1.165) is 59.7 Å². The zero-order valence-corrected chi connectivity index (χ0v) is 20.0. The summed E-state index contributed by atoms with van der Waals surface area (Å²) in [6.07, 6.45) is 5.83. The van der Waals surface area contributed by atoms with Gasteiger partial charge >= 0.3 is 5.97 Å². The molecule has 170 valence electrons. The zero-order valence-electron chi connectivity index (χ0n) is 20.0. The van der Waals surface area contributed by atoms with Gasteiger partial charge in [0.05, 0.1) is 23.4 Å². The Morgan fingerprint density at radius 1 is 1.10 bits per heavy atom. The maximum Gasteiger partial charge on any atom is 0.307 e. The summed E-state index contributed by atoms with van der Waals surface area (Å²) in [6, 6.07) is 4.02. The van der Waals surface area contributed by atoms with Crippen molar-refractivity contribution in [3.8, 4) is 11.3 Å². The topological polar surface area (TPSA) is 86.5 Å². The van der Waals surface area contributed by atoms with Gasteiger partial charge in [0.1, 0.15) is 0 Å². The monoisotopic (exact) mass is 427 g/mol. The first-order valence-corrected chi connectivity index (χ1v) is 10.9. The fourth-order valence-electron chi connectivity index (χ4n) is 3.51. The fraction of sp³-hybridized carbons (Fsp3) is 0.560. The Morgan fingerprint density at radius 2 is 1.68 bits per heavy atom. The third-order valence-corrected chi connectivity index (χ3v) is 5.31. The van der Waals surface area contributed by atoms with Gasteiger partial charge in [-0.05, 0) is 64.5 Å². The molecule has 6 heteroatoms. The standard InChI is InChI=1S/C21H27N3O2.C4H10O/c1-14-5-6-18(23-12-14)17-13-22-15(2)16(11-19(25)26)20(17)24-9-7-21(3,4)8-10-24;1-4(2,3)5/h5-6,12-13H,7-11H2,1-4H3,(H,25,26);5H,1-3H3. The summed E-state index contributed by atoms with van der Waals surface area (Å²) in [5.74, 6) is -0.831. The van der Waals surface area contributed by atoms with Crippen molar-refractivity contribution in [2.75, 3.05) is 18.0 Å². The van der Waals surface area contributed by atoms with Crippen molar-refractivity contribution >= 4 is 11.7 Å². The fourth-order valence-corrected chi connectivity index (χ4v) is 3.51. The molecule has 0 radical (unpaired) electrons. The van der Waals surface area contributed by atoms with Crippen LogP contribution in [-0.4, -0.2) is 44.8 Å². The Hall–Kier alpha value is -2.47. The Kier molecular flexibility index (Phi) is 7.82. The third kappa shape index (κ3) is 7.62. The molecule has 6 nitrogen and oxygen atoms in total. The molecular weight excluding hydrogens is 390 g/mol. The van der Waals surface area contributed by atoms with Crippen LogP contribution in [0.1, 0.15) is 64.3 Å². The van der Waals surface area contributed by atoms with Crippen LogP contribution in [0.25, 0.3) is 11.3 Å².